The molecule has 0 radical (unpaired) electrons. The molecule has 2 heterocycles. The fourth-order valence-electron chi connectivity index (χ4n) is 3.25. The quantitative estimate of drug-likeness (QED) is 0.342. The molecular weight excluding hydrogens is 398 g/mol. The van der Waals surface area contributed by atoms with Crippen molar-refractivity contribution in [2.45, 2.75) is 18.9 Å². The maximum absolute atomic E-state index is 12.9. The number of aliphatic hydroxyl groups excluding tert-OH is 1. The summed E-state index contributed by atoms with van der Waals surface area (Å²) < 4.78 is 10.2. The number of carbonyl (C=O) groups excluding carboxylic acids is 5. The molecule has 2 aliphatic heterocycles. The molecule has 1 unspecified atom stereocenters. The van der Waals surface area contributed by atoms with Crippen LogP contribution in [0.15, 0.2) is 18.2 Å². The van der Waals surface area contributed by atoms with Crippen molar-refractivity contribution < 1.29 is 38.6 Å². The summed E-state index contributed by atoms with van der Waals surface area (Å²) in [6.07, 6.45) is 0.0663. The minimum atomic E-state index is -1.08. The van der Waals surface area contributed by atoms with E-state index in [2.05, 4.69) is 10.6 Å². The smallest absolute Gasteiger partial charge is 0.264 e. The number of anilines is 1. The average molecular weight is 419 g/mol. The molecule has 0 aliphatic carbocycles. The van der Waals surface area contributed by atoms with Gasteiger partial charge in [-0.25, -0.2) is 0 Å². The fraction of sp³-hybridized carbons (Fsp3) is 0.421. The van der Waals surface area contributed by atoms with E-state index in [1.807, 2.05) is 0 Å². The number of rotatable bonds is 9. The number of piperidine rings is 1. The fourth-order valence-corrected chi connectivity index (χ4v) is 3.25. The van der Waals surface area contributed by atoms with Crippen LogP contribution in [0.1, 0.15) is 33.6 Å². The zero-order valence-corrected chi connectivity index (χ0v) is 16.0. The second-order valence-corrected chi connectivity index (χ2v) is 6.61. The summed E-state index contributed by atoms with van der Waals surface area (Å²) in [5.41, 5.74) is 0.193. The van der Waals surface area contributed by atoms with Gasteiger partial charge >= 0.3 is 0 Å². The Kier molecular flexibility index (Phi) is 6.87. The Labute approximate surface area is 171 Å². The van der Waals surface area contributed by atoms with Crippen LogP contribution in [0, 0.1) is 0 Å². The number of aliphatic hydroxyl groups is 1. The largest absolute Gasteiger partial charge is 0.394 e. The summed E-state index contributed by atoms with van der Waals surface area (Å²) in [5, 5.41) is 13.3. The van der Waals surface area contributed by atoms with Gasteiger partial charge in [-0.2, -0.15) is 0 Å². The van der Waals surface area contributed by atoms with Crippen molar-refractivity contribution >= 4 is 35.2 Å². The van der Waals surface area contributed by atoms with E-state index >= 15 is 0 Å². The molecule has 1 saturated heterocycles. The lowest BCUT2D eigenvalue weighted by molar-refractivity contribution is -0.136. The van der Waals surface area contributed by atoms with E-state index in [1.165, 1.54) is 18.2 Å². The first-order valence-corrected chi connectivity index (χ1v) is 9.35. The molecule has 0 spiro atoms. The topological polar surface area (TPSA) is 151 Å². The minimum absolute atomic E-state index is 0.00757. The van der Waals surface area contributed by atoms with Gasteiger partial charge in [0.2, 0.25) is 17.7 Å². The SMILES string of the molecule is O=C1CCC(N2C(=O)c3cccc(NC(=O)COCCOCCO)c3C2=O)C(=O)N1. The first-order valence-electron chi connectivity index (χ1n) is 9.35. The molecule has 2 aliphatic rings. The third kappa shape index (κ3) is 4.53. The van der Waals surface area contributed by atoms with Gasteiger partial charge in [0.15, 0.2) is 0 Å². The van der Waals surface area contributed by atoms with E-state index in [0.717, 1.165) is 4.90 Å². The number of amides is 5. The zero-order chi connectivity index (χ0) is 21.7. The van der Waals surface area contributed by atoms with Gasteiger partial charge in [0.05, 0.1) is 43.2 Å². The van der Waals surface area contributed by atoms with E-state index in [9.17, 15) is 24.0 Å². The second-order valence-electron chi connectivity index (χ2n) is 6.61. The average Bonchev–Trinajstić information content (AvgIpc) is 2.96. The minimum Gasteiger partial charge on any atom is -0.394 e. The molecule has 0 saturated carbocycles. The summed E-state index contributed by atoms with van der Waals surface area (Å²) in [5.74, 6) is -3.06. The molecule has 3 rings (SSSR count). The third-order valence-electron chi connectivity index (χ3n) is 4.58. The van der Waals surface area contributed by atoms with Crippen LogP contribution in [0.2, 0.25) is 0 Å². The highest BCUT2D eigenvalue weighted by Gasteiger charge is 2.45. The predicted octanol–water partition coefficient (Wildman–Crippen LogP) is -0.948. The van der Waals surface area contributed by atoms with E-state index in [-0.39, 0.29) is 62.7 Å². The summed E-state index contributed by atoms with van der Waals surface area (Å²) in [7, 11) is 0. The number of nitrogens with one attached hydrogen (secondary N) is 2. The maximum Gasteiger partial charge on any atom is 0.264 e. The van der Waals surface area contributed by atoms with Crippen molar-refractivity contribution in [3.63, 3.8) is 0 Å². The molecule has 30 heavy (non-hydrogen) atoms. The predicted molar refractivity (Wildman–Crippen MR) is 100 cm³/mol. The monoisotopic (exact) mass is 419 g/mol. The Morgan fingerprint density at radius 3 is 2.63 bits per heavy atom. The highest BCUT2D eigenvalue weighted by atomic mass is 16.5. The van der Waals surface area contributed by atoms with Gasteiger partial charge < -0.3 is 19.9 Å². The zero-order valence-electron chi connectivity index (χ0n) is 16.0. The molecular formula is C19H21N3O8. The lowest BCUT2D eigenvalue weighted by Crippen LogP contribution is -2.54. The summed E-state index contributed by atoms with van der Waals surface area (Å²) in [6, 6.07) is 3.34. The number of imide groups is 2. The van der Waals surface area contributed by atoms with E-state index in [4.69, 9.17) is 14.6 Å². The molecule has 3 N–H and O–H groups in total. The van der Waals surface area contributed by atoms with E-state index < -0.39 is 35.6 Å². The molecule has 1 fully saturated rings. The first-order chi connectivity index (χ1) is 14.4. The van der Waals surface area contributed by atoms with Crippen LogP contribution in [0.5, 0.6) is 0 Å². The molecule has 1 aromatic carbocycles. The molecule has 160 valence electrons. The van der Waals surface area contributed by atoms with Crippen LogP contribution < -0.4 is 10.6 Å². The number of nitrogens with zero attached hydrogens (tertiary/aromatic N) is 1. The van der Waals surface area contributed by atoms with Crippen molar-refractivity contribution in [3.05, 3.63) is 29.3 Å². The lowest BCUT2D eigenvalue weighted by Gasteiger charge is -2.27. The molecule has 0 aromatic heterocycles. The molecule has 1 aromatic rings. The van der Waals surface area contributed by atoms with Crippen LogP contribution in [0.25, 0.3) is 0 Å². The van der Waals surface area contributed by atoms with Gasteiger partial charge in [0, 0.05) is 6.42 Å². The van der Waals surface area contributed by atoms with E-state index in [1.54, 1.807) is 0 Å². The van der Waals surface area contributed by atoms with Crippen LogP contribution in [-0.4, -0.2) is 78.6 Å². The van der Waals surface area contributed by atoms with Gasteiger partial charge in [0.1, 0.15) is 12.6 Å². The summed E-state index contributed by atoms with van der Waals surface area (Å²) >= 11 is 0. The Morgan fingerprint density at radius 1 is 1.13 bits per heavy atom. The Balaban J connectivity index is 1.67. The molecule has 11 nitrogen and oxygen atoms in total. The standard InChI is InChI=1S/C19H21N3O8/c23-6-7-29-8-9-30-10-15(25)20-12-3-1-2-11-16(12)19(28)22(18(11)27)13-4-5-14(24)21-17(13)26/h1-3,13,23H,4-10H2,(H,20,25)(H,21,24,26). The normalized spacial score (nSPS) is 18.4. The number of hydrogen-bond acceptors (Lipinski definition) is 8. The Morgan fingerprint density at radius 2 is 1.90 bits per heavy atom. The Hall–Kier alpha value is -3.15. The van der Waals surface area contributed by atoms with Crippen LogP contribution in [0.4, 0.5) is 5.69 Å². The van der Waals surface area contributed by atoms with Crippen molar-refractivity contribution in [3.8, 4) is 0 Å². The van der Waals surface area contributed by atoms with Gasteiger partial charge in [-0.05, 0) is 18.6 Å². The van der Waals surface area contributed by atoms with Gasteiger partial charge in [-0.3, -0.25) is 34.2 Å². The number of carbonyl (C=O) groups is 5. The maximum atomic E-state index is 12.9. The van der Waals surface area contributed by atoms with Crippen LogP contribution >= 0.6 is 0 Å². The van der Waals surface area contributed by atoms with Gasteiger partial charge in [0.25, 0.3) is 11.8 Å². The third-order valence-corrected chi connectivity index (χ3v) is 4.58. The molecule has 5 amide bonds. The Bertz CT molecular complexity index is 885. The summed E-state index contributed by atoms with van der Waals surface area (Å²) in [6.45, 7) is 0.113. The highest BCUT2D eigenvalue weighted by Crippen LogP contribution is 2.32. The van der Waals surface area contributed by atoms with Gasteiger partial charge in [-0.1, -0.05) is 6.07 Å². The highest BCUT2D eigenvalue weighted by molar-refractivity contribution is 6.26. The molecule has 1 atom stereocenters. The lowest BCUT2D eigenvalue weighted by atomic mass is 10.0. The number of benzene rings is 1. The number of hydrogen-bond donors (Lipinski definition) is 3. The van der Waals surface area contributed by atoms with Crippen molar-refractivity contribution in [2.24, 2.45) is 0 Å². The van der Waals surface area contributed by atoms with Crippen molar-refractivity contribution in [1.29, 1.82) is 0 Å². The van der Waals surface area contributed by atoms with Crippen molar-refractivity contribution in [2.75, 3.05) is 38.4 Å². The van der Waals surface area contributed by atoms with Crippen molar-refractivity contribution in [1.82, 2.24) is 10.2 Å². The first kappa shape index (κ1) is 21.6. The van der Waals surface area contributed by atoms with Gasteiger partial charge in [-0.15, -0.1) is 0 Å². The number of fused-ring (bicyclic) bond motifs is 1. The summed E-state index contributed by atoms with van der Waals surface area (Å²) in [4.78, 5) is 62.1. The molecule has 11 heteroatoms. The van der Waals surface area contributed by atoms with E-state index in [0.29, 0.717) is 0 Å². The number of ether oxygens (including phenoxy) is 2. The molecule has 0 bridgehead atoms. The van der Waals surface area contributed by atoms with Crippen LogP contribution in [-0.2, 0) is 23.9 Å². The van der Waals surface area contributed by atoms with Crippen LogP contribution in [0.3, 0.4) is 0 Å². The second kappa shape index (κ2) is 9.57.